The van der Waals surface area contributed by atoms with Crippen LogP contribution >= 0.6 is 0 Å². The molecule has 0 aromatic carbocycles. The molecule has 3 atom stereocenters. The van der Waals surface area contributed by atoms with Gasteiger partial charge in [-0.15, -0.1) is 0 Å². The second-order valence-electron chi connectivity index (χ2n) is 18.3. The average molecular weight is 821 g/mol. The number of carbonyl (C=O) groups is 3. The van der Waals surface area contributed by atoms with E-state index in [9.17, 15) is 14.4 Å². The molecule has 58 heavy (non-hydrogen) atoms. The Kier molecular flexibility index (Phi) is 43.7. The maximum Gasteiger partial charge on any atom is 0.306 e. The minimum Gasteiger partial charge on any atom is -0.462 e. The van der Waals surface area contributed by atoms with Gasteiger partial charge < -0.3 is 14.2 Å². The van der Waals surface area contributed by atoms with Gasteiger partial charge in [0.2, 0.25) is 0 Å². The molecule has 0 aliphatic rings. The van der Waals surface area contributed by atoms with Crippen LogP contribution in [0.2, 0.25) is 0 Å². The molecule has 0 aromatic heterocycles. The van der Waals surface area contributed by atoms with Crippen molar-refractivity contribution in [2.24, 2.45) is 11.8 Å². The van der Waals surface area contributed by atoms with E-state index in [0.717, 1.165) is 69.6 Å². The molecule has 0 aliphatic heterocycles. The van der Waals surface area contributed by atoms with Crippen LogP contribution in [-0.4, -0.2) is 37.2 Å². The van der Waals surface area contributed by atoms with Crippen LogP contribution in [0.25, 0.3) is 0 Å². The first-order chi connectivity index (χ1) is 28.3. The van der Waals surface area contributed by atoms with Crippen molar-refractivity contribution in [3.8, 4) is 0 Å². The largest absolute Gasteiger partial charge is 0.462 e. The molecule has 0 aliphatic carbocycles. The minimum absolute atomic E-state index is 0.0644. The van der Waals surface area contributed by atoms with E-state index >= 15 is 0 Å². The molecule has 0 bridgehead atoms. The molecule has 0 spiro atoms. The van der Waals surface area contributed by atoms with Gasteiger partial charge in [-0.05, 0) is 31.1 Å². The van der Waals surface area contributed by atoms with Gasteiger partial charge in [0.25, 0.3) is 0 Å². The van der Waals surface area contributed by atoms with Gasteiger partial charge in [-0.1, -0.05) is 247 Å². The Hall–Kier alpha value is -1.59. The maximum absolute atomic E-state index is 12.8. The summed E-state index contributed by atoms with van der Waals surface area (Å²) in [5.41, 5.74) is 0. The van der Waals surface area contributed by atoms with Crippen LogP contribution in [0.1, 0.15) is 285 Å². The fourth-order valence-corrected chi connectivity index (χ4v) is 7.75. The van der Waals surface area contributed by atoms with Crippen LogP contribution in [0, 0.1) is 11.8 Å². The second-order valence-corrected chi connectivity index (χ2v) is 18.3. The Morgan fingerprint density at radius 1 is 0.345 bits per heavy atom. The Morgan fingerprint density at radius 3 is 0.897 bits per heavy atom. The standard InChI is InChI=1S/C52H100O6/c1-6-9-10-11-12-13-14-15-16-17-18-19-20-27-32-37-42-50(53)56-45-49(58-52(55)44-39-34-29-24-22-26-31-36-41-48(5)8-3)46-57-51(54)43-38-33-28-23-21-25-30-35-40-47(4)7-2/h47-49H,6-46H2,1-5H3/t47?,48?,49-/m1/s1. The van der Waals surface area contributed by atoms with Gasteiger partial charge in [0.15, 0.2) is 6.10 Å². The van der Waals surface area contributed by atoms with Crippen LogP contribution in [0.3, 0.4) is 0 Å². The van der Waals surface area contributed by atoms with E-state index in [1.165, 1.54) is 173 Å². The summed E-state index contributed by atoms with van der Waals surface area (Å²) in [5.74, 6) is 0.841. The molecule has 6 nitrogen and oxygen atoms in total. The fourth-order valence-electron chi connectivity index (χ4n) is 7.75. The van der Waals surface area contributed by atoms with Gasteiger partial charge in [-0.2, -0.15) is 0 Å². The van der Waals surface area contributed by atoms with E-state index in [1.54, 1.807) is 0 Å². The lowest BCUT2D eigenvalue weighted by Gasteiger charge is -2.18. The lowest BCUT2D eigenvalue weighted by molar-refractivity contribution is -0.167. The van der Waals surface area contributed by atoms with Crippen LogP contribution in [0.5, 0.6) is 0 Å². The van der Waals surface area contributed by atoms with Crippen molar-refractivity contribution >= 4 is 17.9 Å². The molecular weight excluding hydrogens is 721 g/mol. The molecule has 0 heterocycles. The van der Waals surface area contributed by atoms with Gasteiger partial charge in [0.05, 0.1) is 0 Å². The monoisotopic (exact) mass is 821 g/mol. The van der Waals surface area contributed by atoms with Crippen molar-refractivity contribution in [3.63, 3.8) is 0 Å². The van der Waals surface area contributed by atoms with Gasteiger partial charge in [0, 0.05) is 19.3 Å². The third-order valence-electron chi connectivity index (χ3n) is 12.4. The summed E-state index contributed by atoms with van der Waals surface area (Å²) in [6.45, 7) is 11.4. The summed E-state index contributed by atoms with van der Waals surface area (Å²) in [7, 11) is 0. The van der Waals surface area contributed by atoms with Gasteiger partial charge >= 0.3 is 17.9 Å². The molecule has 0 saturated heterocycles. The van der Waals surface area contributed by atoms with E-state index in [1.807, 2.05) is 0 Å². The van der Waals surface area contributed by atoms with E-state index in [-0.39, 0.29) is 31.1 Å². The minimum atomic E-state index is -0.762. The molecule has 2 unspecified atom stereocenters. The molecule has 0 rings (SSSR count). The van der Waals surface area contributed by atoms with Crippen molar-refractivity contribution in [2.45, 2.75) is 291 Å². The molecule has 344 valence electrons. The molecule has 0 aromatic rings. The van der Waals surface area contributed by atoms with Crippen LogP contribution < -0.4 is 0 Å². The number of rotatable bonds is 46. The van der Waals surface area contributed by atoms with E-state index in [2.05, 4.69) is 34.6 Å². The summed E-state index contributed by atoms with van der Waals surface area (Å²) >= 11 is 0. The molecule has 0 amide bonds. The predicted octanol–water partition coefficient (Wildman–Crippen LogP) is 16.5. The second kappa shape index (κ2) is 44.9. The van der Waals surface area contributed by atoms with Crippen molar-refractivity contribution in [1.29, 1.82) is 0 Å². The summed E-state index contributed by atoms with van der Waals surface area (Å²) in [5, 5.41) is 0. The number of carbonyl (C=O) groups excluding carboxylic acids is 3. The topological polar surface area (TPSA) is 78.9 Å². The summed E-state index contributed by atoms with van der Waals surface area (Å²) in [6, 6.07) is 0. The van der Waals surface area contributed by atoms with E-state index in [4.69, 9.17) is 14.2 Å². The number of ether oxygens (including phenoxy) is 3. The number of unbranched alkanes of at least 4 members (excludes halogenated alkanes) is 29. The number of esters is 3. The van der Waals surface area contributed by atoms with Gasteiger partial charge in [0.1, 0.15) is 13.2 Å². The van der Waals surface area contributed by atoms with E-state index < -0.39 is 6.10 Å². The highest BCUT2D eigenvalue weighted by Crippen LogP contribution is 2.18. The lowest BCUT2D eigenvalue weighted by atomic mass is 9.99. The van der Waals surface area contributed by atoms with E-state index in [0.29, 0.717) is 19.3 Å². The number of hydrogen-bond donors (Lipinski definition) is 0. The molecular formula is C52H100O6. The third kappa shape index (κ3) is 42.5. The first kappa shape index (κ1) is 56.4. The Balaban J connectivity index is 4.31. The highest BCUT2D eigenvalue weighted by Gasteiger charge is 2.19. The Morgan fingerprint density at radius 2 is 0.603 bits per heavy atom. The summed E-state index contributed by atoms with van der Waals surface area (Å²) in [6.07, 6.45) is 45.1. The van der Waals surface area contributed by atoms with Gasteiger partial charge in [-0.3, -0.25) is 14.4 Å². The maximum atomic E-state index is 12.8. The predicted molar refractivity (Wildman–Crippen MR) is 247 cm³/mol. The SMILES string of the molecule is CCCCCCCCCCCCCCCCCCC(=O)OC[C@H](COC(=O)CCCCCCCCCCC(C)CC)OC(=O)CCCCCCCCCCC(C)CC. The molecule has 0 N–H and O–H groups in total. The van der Waals surface area contributed by atoms with Crippen LogP contribution in [0.4, 0.5) is 0 Å². The summed E-state index contributed by atoms with van der Waals surface area (Å²) < 4.78 is 16.8. The van der Waals surface area contributed by atoms with Crippen LogP contribution in [-0.2, 0) is 28.6 Å². The zero-order valence-electron chi connectivity index (χ0n) is 39.7. The fraction of sp³-hybridized carbons (Fsp3) is 0.942. The van der Waals surface area contributed by atoms with Crippen molar-refractivity contribution < 1.29 is 28.6 Å². The molecule has 0 radical (unpaired) electrons. The molecule has 0 fully saturated rings. The zero-order valence-corrected chi connectivity index (χ0v) is 39.7. The third-order valence-corrected chi connectivity index (χ3v) is 12.4. The smallest absolute Gasteiger partial charge is 0.306 e. The number of hydrogen-bond acceptors (Lipinski definition) is 6. The molecule has 6 heteroatoms. The first-order valence-corrected chi connectivity index (χ1v) is 25.8. The summed E-state index contributed by atoms with van der Waals surface area (Å²) in [4.78, 5) is 37.9. The van der Waals surface area contributed by atoms with Gasteiger partial charge in [-0.25, -0.2) is 0 Å². The van der Waals surface area contributed by atoms with Crippen LogP contribution in [0.15, 0.2) is 0 Å². The van der Waals surface area contributed by atoms with Crippen molar-refractivity contribution in [1.82, 2.24) is 0 Å². The van der Waals surface area contributed by atoms with Crippen molar-refractivity contribution in [3.05, 3.63) is 0 Å². The highest BCUT2D eigenvalue weighted by atomic mass is 16.6. The first-order valence-electron chi connectivity index (χ1n) is 25.8. The Labute approximate surface area is 361 Å². The quantitative estimate of drug-likeness (QED) is 0.0346. The zero-order chi connectivity index (χ0) is 42.6. The average Bonchev–Trinajstić information content (AvgIpc) is 3.22. The normalized spacial score (nSPS) is 13.0. The highest BCUT2D eigenvalue weighted by molar-refractivity contribution is 5.71. The van der Waals surface area contributed by atoms with Crippen molar-refractivity contribution in [2.75, 3.05) is 13.2 Å². The molecule has 0 saturated carbocycles. The lowest BCUT2D eigenvalue weighted by Crippen LogP contribution is -2.30. The Bertz CT molecular complexity index is 889.